The Balaban J connectivity index is 1.17. The summed E-state index contributed by atoms with van der Waals surface area (Å²) in [5, 5.41) is 0. The Hall–Kier alpha value is -6.06. The largest absolute Gasteiger partial charge is 0.453 e. The van der Waals surface area contributed by atoms with Crippen LogP contribution in [0, 0.1) is 0 Å². The van der Waals surface area contributed by atoms with Gasteiger partial charge in [-0.1, -0.05) is 127 Å². The summed E-state index contributed by atoms with van der Waals surface area (Å²) in [5.74, 6) is 3.17. The van der Waals surface area contributed by atoms with Crippen LogP contribution in [0.1, 0.15) is 0 Å². The molecule has 0 aliphatic carbocycles. The lowest BCUT2D eigenvalue weighted by molar-refractivity contribution is 0.446. The summed E-state index contributed by atoms with van der Waals surface area (Å²) >= 11 is 0. The van der Waals surface area contributed by atoms with Crippen molar-refractivity contribution in [3.8, 4) is 67.5 Å². The molecule has 7 aromatic carbocycles. The zero-order valence-corrected chi connectivity index (χ0v) is 24.4. The Kier molecular flexibility index (Phi) is 5.82. The minimum Gasteiger partial charge on any atom is -0.453 e. The molecule has 0 spiro atoms. The number of benzene rings is 7. The fraction of sp³-hybridized carbons (Fsp3) is 0. The third kappa shape index (κ3) is 4.37. The second-order valence-electron chi connectivity index (χ2n) is 11.4. The normalized spacial score (nSPS) is 12.3. The number of hydrogen-bond donors (Lipinski definition) is 0. The summed E-state index contributed by atoms with van der Waals surface area (Å²) in [7, 11) is 0. The van der Waals surface area contributed by atoms with Gasteiger partial charge in [0.2, 0.25) is 0 Å². The molecule has 0 amide bonds. The molecule has 0 aromatic heterocycles. The summed E-state index contributed by atoms with van der Waals surface area (Å²) in [6.07, 6.45) is 0. The van der Waals surface area contributed by atoms with Crippen LogP contribution in [0.15, 0.2) is 164 Å². The summed E-state index contributed by atoms with van der Waals surface area (Å²) < 4.78 is 13.4. The molecule has 2 heterocycles. The Morgan fingerprint density at radius 3 is 1.09 bits per heavy atom. The van der Waals surface area contributed by atoms with E-state index in [1.165, 1.54) is 11.1 Å². The molecule has 212 valence electrons. The van der Waals surface area contributed by atoms with Gasteiger partial charge in [0.15, 0.2) is 23.0 Å². The topological polar surface area (TPSA) is 21.7 Å². The molecule has 7 aromatic rings. The van der Waals surface area contributed by atoms with Crippen molar-refractivity contribution in [2.75, 3.05) is 4.90 Å². The molecule has 45 heavy (non-hydrogen) atoms. The van der Waals surface area contributed by atoms with Crippen LogP contribution in [0.2, 0.25) is 0 Å². The van der Waals surface area contributed by atoms with E-state index >= 15 is 0 Å². The summed E-state index contributed by atoms with van der Waals surface area (Å²) in [6, 6.07) is 57.2. The van der Waals surface area contributed by atoms with E-state index in [1.807, 2.05) is 18.2 Å². The predicted octanol–water partition coefficient (Wildman–Crippen LogP) is 12.0. The molecule has 9 rings (SSSR count). The highest BCUT2D eigenvalue weighted by molar-refractivity contribution is 5.96. The molecule has 0 fully saturated rings. The molecule has 0 unspecified atom stereocenters. The Labute approximate surface area is 262 Å². The number of hydrogen-bond acceptors (Lipinski definition) is 3. The van der Waals surface area contributed by atoms with Gasteiger partial charge in [-0.05, 0) is 80.9 Å². The van der Waals surface area contributed by atoms with Crippen molar-refractivity contribution in [3.05, 3.63) is 164 Å². The summed E-state index contributed by atoms with van der Waals surface area (Å²) in [4.78, 5) is 2.29. The van der Waals surface area contributed by atoms with Gasteiger partial charge in [0.1, 0.15) is 5.69 Å². The van der Waals surface area contributed by atoms with Crippen LogP contribution < -0.4 is 14.4 Å². The van der Waals surface area contributed by atoms with Crippen molar-refractivity contribution < 1.29 is 9.47 Å². The molecular weight excluding hydrogens is 550 g/mol. The van der Waals surface area contributed by atoms with Crippen molar-refractivity contribution in [2.24, 2.45) is 0 Å². The summed E-state index contributed by atoms with van der Waals surface area (Å²) in [5.41, 5.74) is 12.0. The number of anilines is 3. The van der Waals surface area contributed by atoms with Gasteiger partial charge in [0, 0.05) is 0 Å². The van der Waals surface area contributed by atoms with E-state index in [1.54, 1.807) is 0 Å². The van der Waals surface area contributed by atoms with Crippen molar-refractivity contribution in [1.29, 1.82) is 0 Å². The fourth-order valence-electron chi connectivity index (χ4n) is 6.40. The smallest absolute Gasteiger partial charge is 0.156 e. The lowest BCUT2D eigenvalue weighted by atomic mass is 9.97. The highest BCUT2D eigenvalue weighted by Crippen LogP contribution is 2.61. The van der Waals surface area contributed by atoms with E-state index in [2.05, 4.69) is 150 Å². The maximum Gasteiger partial charge on any atom is 0.156 e. The third-order valence-electron chi connectivity index (χ3n) is 8.64. The van der Waals surface area contributed by atoms with Crippen molar-refractivity contribution in [2.45, 2.75) is 0 Å². The van der Waals surface area contributed by atoms with E-state index < -0.39 is 0 Å². The van der Waals surface area contributed by atoms with E-state index in [-0.39, 0.29) is 0 Å². The van der Waals surface area contributed by atoms with E-state index in [0.29, 0.717) is 0 Å². The van der Waals surface area contributed by atoms with E-state index in [9.17, 15) is 0 Å². The van der Waals surface area contributed by atoms with Gasteiger partial charge >= 0.3 is 0 Å². The van der Waals surface area contributed by atoms with Crippen LogP contribution in [0.5, 0.6) is 23.0 Å². The first kappa shape index (κ1) is 25.4. The first-order valence-corrected chi connectivity index (χ1v) is 15.2. The highest BCUT2D eigenvalue weighted by Gasteiger charge is 2.35. The number of rotatable bonds is 4. The maximum atomic E-state index is 6.73. The van der Waals surface area contributed by atoms with Gasteiger partial charge in [0.05, 0.1) is 11.4 Å². The maximum absolute atomic E-state index is 6.73. The van der Waals surface area contributed by atoms with Crippen molar-refractivity contribution in [3.63, 3.8) is 0 Å². The number of nitrogens with zero attached hydrogens (tertiary/aromatic N) is 1. The van der Waals surface area contributed by atoms with E-state index in [0.717, 1.165) is 73.4 Å². The predicted molar refractivity (Wildman–Crippen MR) is 183 cm³/mol. The molecule has 2 aliphatic rings. The second kappa shape index (κ2) is 10.3. The van der Waals surface area contributed by atoms with Gasteiger partial charge < -0.3 is 9.47 Å². The molecule has 2 aliphatic heterocycles. The highest BCUT2D eigenvalue weighted by atomic mass is 16.5. The first-order valence-electron chi connectivity index (χ1n) is 15.2. The lowest BCUT2D eigenvalue weighted by Gasteiger charge is -2.38. The SMILES string of the molecule is c1ccc(-c2ccc(-c3ccc4c(c3)Oc3cc(-c5ccccc5)cc5c3N4c3ccc(-c4ccccc4)cc3O5)cc2)cc1. The van der Waals surface area contributed by atoms with Crippen molar-refractivity contribution >= 4 is 17.1 Å². The van der Waals surface area contributed by atoms with Gasteiger partial charge in [-0.15, -0.1) is 0 Å². The number of ether oxygens (including phenoxy) is 2. The molecule has 0 atom stereocenters. The minimum absolute atomic E-state index is 0.771. The van der Waals surface area contributed by atoms with Crippen molar-refractivity contribution in [1.82, 2.24) is 0 Å². The van der Waals surface area contributed by atoms with Crippen LogP contribution in [0.25, 0.3) is 44.5 Å². The average molecular weight is 578 g/mol. The van der Waals surface area contributed by atoms with Crippen LogP contribution in [0.3, 0.4) is 0 Å². The van der Waals surface area contributed by atoms with Gasteiger partial charge in [-0.3, -0.25) is 4.90 Å². The zero-order valence-electron chi connectivity index (χ0n) is 24.4. The first-order chi connectivity index (χ1) is 22.3. The Morgan fingerprint density at radius 1 is 0.289 bits per heavy atom. The quantitative estimate of drug-likeness (QED) is 0.208. The molecule has 0 bridgehead atoms. The van der Waals surface area contributed by atoms with Crippen LogP contribution in [0.4, 0.5) is 17.1 Å². The minimum atomic E-state index is 0.771. The van der Waals surface area contributed by atoms with Gasteiger partial charge in [-0.2, -0.15) is 0 Å². The van der Waals surface area contributed by atoms with Crippen LogP contribution in [-0.2, 0) is 0 Å². The molecule has 0 saturated heterocycles. The third-order valence-corrected chi connectivity index (χ3v) is 8.64. The molecule has 0 radical (unpaired) electrons. The monoisotopic (exact) mass is 577 g/mol. The number of fused-ring (bicyclic) bond motifs is 4. The molecule has 3 heteroatoms. The fourth-order valence-corrected chi connectivity index (χ4v) is 6.40. The van der Waals surface area contributed by atoms with E-state index in [4.69, 9.17) is 9.47 Å². The molecule has 0 saturated carbocycles. The van der Waals surface area contributed by atoms with Gasteiger partial charge in [0.25, 0.3) is 0 Å². The Morgan fingerprint density at radius 2 is 0.622 bits per heavy atom. The standard InChI is InChI=1S/C42H27NO2/c1-4-10-28(11-5-1)31-16-18-32(19-17-31)34-21-23-37-39(25-34)45-41-27-35(30-14-8-3-9-15-30)26-40-42(41)43(37)36-22-20-33(24-38(36)44-40)29-12-6-2-7-13-29/h1-27H. The second-order valence-corrected chi connectivity index (χ2v) is 11.4. The molecule has 0 N–H and O–H groups in total. The Bertz CT molecular complexity index is 2190. The average Bonchev–Trinajstić information content (AvgIpc) is 3.12. The van der Waals surface area contributed by atoms with Crippen LogP contribution >= 0.6 is 0 Å². The van der Waals surface area contributed by atoms with Crippen LogP contribution in [-0.4, -0.2) is 0 Å². The molecule has 3 nitrogen and oxygen atoms in total. The lowest BCUT2D eigenvalue weighted by Crippen LogP contribution is -2.20. The van der Waals surface area contributed by atoms with Gasteiger partial charge in [-0.25, -0.2) is 0 Å². The zero-order chi connectivity index (χ0) is 29.7. The molecular formula is C42H27NO2. The summed E-state index contributed by atoms with van der Waals surface area (Å²) in [6.45, 7) is 0.